The summed E-state index contributed by atoms with van der Waals surface area (Å²) in [7, 11) is 0. The zero-order valence-electron chi connectivity index (χ0n) is 10.9. The third-order valence-electron chi connectivity index (χ3n) is 2.98. The van der Waals surface area contributed by atoms with Crippen molar-refractivity contribution in [3.05, 3.63) is 52.3 Å². The van der Waals surface area contributed by atoms with E-state index in [0.717, 1.165) is 16.6 Å². The van der Waals surface area contributed by atoms with E-state index >= 15 is 0 Å². The third-order valence-corrected chi connectivity index (χ3v) is 3.47. The summed E-state index contributed by atoms with van der Waals surface area (Å²) in [6, 6.07) is 8.56. The Hall–Kier alpha value is -1.17. The van der Waals surface area contributed by atoms with E-state index in [1.54, 1.807) is 4.68 Å². The second-order valence-corrected chi connectivity index (χ2v) is 5.41. The summed E-state index contributed by atoms with van der Waals surface area (Å²) < 4.78 is 2.84. The lowest BCUT2D eigenvalue weighted by Crippen LogP contribution is -2.17. The van der Waals surface area contributed by atoms with E-state index in [4.69, 9.17) is 5.11 Å². The van der Waals surface area contributed by atoms with Crippen LogP contribution in [0.15, 0.2) is 41.1 Å². The van der Waals surface area contributed by atoms with E-state index in [2.05, 4.69) is 45.4 Å². The van der Waals surface area contributed by atoms with Crippen molar-refractivity contribution in [2.75, 3.05) is 6.61 Å². The number of aromatic nitrogens is 2. The fourth-order valence-electron chi connectivity index (χ4n) is 1.89. The maximum Gasteiger partial charge on any atom is 0.0640 e. The van der Waals surface area contributed by atoms with Crippen molar-refractivity contribution in [3.63, 3.8) is 0 Å². The second kappa shape index (κ2) is 6.84. The van der Waals surface area contributed by atoms with Gasteiger partial charge in [0.05, 0.1) is 19.3 Å². The van der Waals surface area contributed by atoms with Gasteiger partial charge in [0, 0.05) is 28.8 Å². The molecule has 0 spiro atoms. The molecule has 2 N–H and O–H groups in total. The summed E-state index contributed by atoms with van der Waals surface area (Å²) in [5.41, 5.74) is 2.37. The summed E-state index contributed by atoms with van der Waals surface area (Å²) in [4.78, 5) is 0. The van der Waals surface area contributed by atoms with Gasteiger partial charge in [0.25, 0.3) is 0 Å². The predicted octanol–water partition coefficient (Wildman–Crippen LogP) is 2.49. The molecule has 5 heteroatoms. The average molecular weight is 324 g/mol. The molecule has 102 valence electrons. The Morgan fingerprint density at radius 2 is 2.32 bits per heavy atom. The Balaban J connectivity index is 1.90. The van der Waals surface area contributed by atoms with Crippen molar-refractivity contribution < 1.29 is 5.11 Å². The molecule has 2 rings (SSSR count). The van der Waals surface area contributed by atoms with Crippen molar-refractivity contribution in [1.82, 2.24) is 15.1 Å². The topological polar surface area (TPSA) is 50.1 Å². The second-order valence-electron chi connectivity index (χ2n) is 4.49. The van der Waals surface area contributed by atoms with Gasteiger partial charge in [-0.25, -0.2) is 0 Å². The number of benzene rings is 1. The fraction of sp³-hybridized carbons (Fsp3) is 0.357. The van der Waals surface area contributed by atoms with Gasteiger partial charge in [0.15, 0.2) is 0 Å². The minimum absolute atomic E-state index is 0.114. The van der Waals surface area contributed by atoms with Crippen LogP contribution < -0.4 is 5.32 Å². The van der Waals surface area contributed by atoms with Gasteiger partial charge in [-0.05, 0) is 24.6 Å². The Bertz CT molecular complexity index is 527. The lowest BCUT2D eigenvalue weighted by atomic mass is 10.1. The van der Waals surface area contributed by atoms with Gasteiger partial charge in [0.2, 0.25) is 0 Å². The molecule has 0 fully saturated rings. The van der Waals surface area contributed by atoms with Crippen LogP contribution in [0.1, 0.15) is 24.1 Å². The zero-order chi connectivity index (χ0) is 13.7. The quantitative estimate of drug-likeness (QED) is 0.858. The van der Waals surface area contributed by atoms with Gasteiger partial charge in [-0.3, -0.25) is 4.68 Å². The first kappa shape index (κ1) is 14.2. The van der Waals surface area contributed by atoms with Crippen LogP contribution in [-0.2, 0) is 13.1 Å². The van der Waals surface area contributed by atoms with Gasteiger partial charge in [-0.15, -0.1) is 0 Å². The highest BCUT2D eigenvalue weighted by Crippen LogP contribution is 2.18. The number of hydrogen-bond acceptors (Lipinski definition) is 3. The molecule has 1 atom stereocenters. The van der Waals surface area contributed by atoms with Crippen LogP contribution in [0.5, 0.6) is 0 Å². The fourth-order valence-corrected chi connectivity index (χ4v) is 2.30. The number of halogens is 1. The number of nitrogens with zero attached hydrogens (tertiary/aromatic N) is 2. The van der Waals surface area contributed by atoms with Crippen molar-refractivity contribution in [3.8, 4) is 0 Å². The Kier molecular flexibility index (Phi) is 5.13. The number of rotatable bonds is 6. The molecule has 0 saturated heterocycles. The summed E-state index contributed by atoms with van der Waals surface area (Å²) >= 11 is 3.48. The van der Waals surface area contributed by atoms with Gasteiger partial charge in [-0.1, -0.05) is 28.1 Å². The van der Waals surface area contributed by atoms with E-state index in [9.17, 15) is 0 Å². The first-order valence-corrected chi connectivity index (χ1v) is 7.09. The van der Waals surface area contributed by atoms with E-state index in [-0.39, 0.29) is 12.6 Å². The molecule has 2 aromatic rings. The maximum absolute atomic E-state index is 8.84. The van der Waals surface area contributed by atoms with Crippen LogP contribution in [0.3, 0.4) is 0 Å². The third kappa shape index (κ3) is 4.16. The number of aliphatic hydroxyl groups is 1. The first-order chi connectivity index (χ1) is 9.19. The molecule has 1 aromatic heterocycles. The van der Waals surface area contributed by atoms with E-state index in [1.165, 1.54) is 5.56 Å². The van der Waals surface area contributed by atoms with Crippen LogP contribution >= 0.6 is 15.9 Å². The smallest absolute Gasteiger partial charge is 0.0640 e. The summed E-state index contributed by atoms with van der Waals surface area (Å²) in [6.45, 7) is 3.56. The van der Waals surface area contributed by atoms with Gasteiger partial charge < -0.3 is 10.4 Å². The van der Waals surface area contributed by atoms with Crippen LogP contribution in [0, 0.1) is 0 Å². The summed E-state index contributed by atoms with van der Waals surface area (Å²) in [6.07, 6.45) is 3.78. The Morgan fingerprint density at radius 1 is 1.47 bits per heavy atom. The van der Waals surface area contributed by atoms with Crippen molar-refractivity contribution in [1.29, 1.82) is 0 Å². The van der Waals surface area contributed by atoms with Gasteiger partial charge >= 0.3 is 0 Å². The SMILES string of the molecule is CC(NCc1cnn(CCO)c1)c1cccc(Br)c1. The average Bonchev–Trinajstić information content (AvgIpc) is 2.84. The minimum Gasteiger partial charge on any atom is -0.394 e. The predicted molar refractivity (Wildman–Crippen MR) is 78.7 cm³/mol. The highest BCUT2D eigenvalue weighted by molar-refractivity contribution is 9.10. The van der Waals surface area contributed by atoms with E-state index in [1.807, 2.05) is 24.5 Å². The summed E-state index contributed by atoms with van der Waals surface area (Å²) in [5.74, 6) is 0. The van der Waals surface area contributed by atoms with Crippen LogP contribution in [0.25, 0.3) is 0 Å². The molecule has 1 aromatic carbocycles. The first-order valence-electron chi connectivity index (χ1n) is 6.30. The molecule has 0 radical (unpaired) electrons. The molecular formula is C14H18BrN3O. The van der Waals surface area contributed by atoms with Crippen LogP contribution in [0.2, 0.25) is 0 Å². The van der Waals surface area contributed by atoms with E-state index in [0.29, 0.717) is 6.54 Å². The number of hydrogen-bond donors (Lipinski definition) is 2. The Labute approximate surface area is 121 Å². The van der Waals surface area contributed by atoms with Gasteiger partial charge in [-0.2, -0.15) is 5.10 Å². The highest BCUT2D eigenvalue weighted by Gasteiger charge is 2.06. The number of nitrogens with one attached hydrogen (secondary N) is 1. The van der Waals surface area contributed by atoms with Crippen LogP contribution in [0.4, 0.5) is 0 Å². The lowest BCUT2D eigenvalue weighted by Gasteiger charge is -2.13. The molecule has 4 nitrogen and oxygen atoms in total. The summed E-state index contributed by atoms with van der Waals surface area (Å²) in [5, 5.41) is 16.5. The van der Waals surface area contributed by atoms with Crippen molar-refractivity contribution >= 4 is 15.9 Å². The molecule has 0 aliphatic rings. The molecular weight excluding hydrogens is 306 g/mol. The van der Waals surface area contributed by atoms with Crippen molar-refractivity contribution in [2.45, 2.75) is 26.1 Å². The molecule has 0 bridgehead atoms. The molecule has 0 aliphatic carbocycles. The zero-order valence-corrected chi connectivity index (χ0v) is 12.5. The molecule has 19 heavy (non-hydrogen) atoms. The van der Waals surface area contributed by atoms with Crippen molar-refractivity contribution in [2.24, 2.45) is 0 Å². The maximum atomic E-state index is 8.84. The molecule has 1 heterocycles. The standard InChI is InChI=1S/C14H18BrN3O/c1-11(13-3-2-4-14(15)7-13)16-8-12-9-17-18(10-12)5-6-19/h2-4,7,9-11,16,19H,5-6,8H2,1H3. The van der Waals surface area contributed by atoms with Crippen LogP contribution in [-0.4, -0.2) is 21.5 Å². The Morgan fingerprint density at radius 3 is 3.05 bits per heavy atom. The molecule has 1 unspecified atom stereocenters. The highest BCUT2D eigenvalue weighted by atomic mass is 79.9. The molecule has 0 amide bonds. The normalized spacial score (nSPS) is 12.6. The van der Waals surface area contributed by atoms with Gasteiger partial charge in [0.1, 0.15) is 0 Å². The van der Waals surface area contributed by atoms with E-state index < -0.39 is 0 Å². The largest absolute Gasteiger partial charge is 0.394 e. The molecule has 0 saturated carbocycles. The monoisotopic (exact) mass is 323 g/mol. The number of aliphatic hydroxyl groups excluding tert-OH is 1. The minimum atomic E-state index is 0.114. The molecule has 0 aliphatic heterocycles. The lowest BCUT2D eigenvalue weighted by molar-refractivity contribution is 0.269.